The molecule has 1 saturated carbocycles. The van der Waals surface area contributed by atoms with Crippen LogP contribution in [-0.2, 0) is 0 Å². The van der Waals surface area contributed by atoms with Crippen LogP contribution in [0.4, 0.5) is 0 Å². The van der Waals surface area contributed by atoms with Gasteiger partial charge in [0.2, 0.25) is 0 Å². The highest BCUT2D eigenvalue weighted by atomic mass is 16.1. The first-order chi connectivity index (χ1) is 10.7. The van der Waals surface area contributed by atoms with E-state index in [0.29, 0.717) is 23.5 Å². The number of rotatable bonds is 3. The molecule has 3 rings (SSSR count). The molecule has 1 aliphatic carbocycles. The Kier molecular flexibility index (Phi) is 5.03. The standard InChI is InChI=1S/C17H26N4O/c1-12-19-15(13-7-9-18-10-8-13)11-16(20-12)17(22)21-14-5-3-2-4-6-14/h11,13-14,18H,2-10H2,1H3,(H,21,22). The fourth-order valence-corrected chi connectivity index (χ4v) is 3.54. The Morgan fingerprint density at radius 2 is 1.86 bits per heavy atom. The van der Waals surface area contributed by atoms with E-state index < -0.39 is 0 Å². The molecule has 1 aliphatic heterocycles. The lowest BCUT2D eigenvalue weighted by molar-refractivity contribution is 0.0922. The SMILES string of the molecule is Cc1nc(C(=O)NC2CCCCC2)cc(C2CCNCC2)n1. The maximum Gasteiger partial charge on any atom is 0.270 e. The molecule has 0 aromatic carbocycles. The predicted octanol–water partition coefficient (Wildman–Crippen LogP) is 2.31. The van der Waals surface area contributed by atoms with Crippen LogP contribution < -0.4 is 10.6 Å². The van der Waals surface area contributed by atoms with Crippen LogP contribution in [0.1, 0.15) is 72.9 Å². The second-order valence-corrected chi connectivity index (χ2v) is 6.56. The van der Waals surface area contributed by atoms with Crippen molar-refractivity contribution in [1.29, 1.82) is 0 Å². The van der Waals surface area contributed by atoms with Gasteiger partial charge in [0.15, 0.2) is 0 Å². The van der Waals surface area contributed by atoms with Gasteiger partial charge in [-0.25, -0.2) is 9.97 Å². The van der Waals surface area contributed by atoms with Gasteiger partial charge in [-0.2, -0.15) is 0 Å². The first kappa shape index (κ1) is 15.4. The first-order valence-electron chi connectivity index (χ1n) is 8.59. The van der Waals surface area contributed by atoms with E-state index in [1.54, 1.807) is 0 Å². The van der Waals surface area contributed by atoms with Crippen LogP contribution in [0.2, 0.25) is 0 Å². The quantitative estimate of drug-likeness (QED) is 0.899. The van der Waals surface area contributed by atoms with Gasteiger partial charge in [-0.1, -0.05) is 19.3 Å². The molecule has 5 heteroatoms. The lowest BCUT2D eigenvalue weighted by Crippen LogP contribution is -2.37. The highest BCUT2D eigenvalue weighted by Crippen LogP contribution is 2.24. The van der Waals surface area contributed by atoms with E-state index >= 15 is 0 Å². The maximum absolute atomic E-state index is 12.5. The van der Waals surface area contributed by atoms with E-state index in [1.807, 2.05) is 13.0 Å². The average Bonchev–Trinajstić information content (AvgIpc) is 2.56. The Hall–Kier alpha value is -1.49. The van der Waals surface area contributed by atoms with E-state index in [2.05, 4.69) is 20.6 Å². The first-order valence-corrected chi connectivity index (χ1v) is 8.59. The molecule has 5 nitrogen and oxygen atoms in total. The van der Waals surface area contributed by atoms with E-state index in [-0.39, 0.29) is 5.91 Å². The fraction of sp³-hybridized carbons (Fsp3) is 0.706. The molecule has 1 aromatic rings. The fourth-order valence-electron chi connectivity index (χ4n) is 3.54. The molecule has 0 atom stereocenters. The number of amides is 1. The number of piperidine rings is 1. The summed E-state index contributed by atoms with van der Waals surface area (Å²) in [6, 6.07) is 2.22. The normalized spacial score (nSPS) is 20.8. The topological polar surface area (TPSA) is 66.9 Å². The average molecular weight is 302 g/mol. The molecule has 2 heterocycles. The number of carbonyl (C=O) groups excluding carboxylic acids is 1. The summed E-state index contributed by atoms with van der Waals surface area (Å²) in [5.74, 6) is 1.11. The van der Waals surface area contributed by atoms with Crippen molar-refractivity contribution in [3.63, 3.8) is 0 Å². The molecule has 1 aromatic heterocycles. The van der Waals surface area contributed by atoms with Crippen molar-refractivity contribution in [3.05, 3.63) is 23.3 Å². The van der Waals surface area contributed by atoms with Crippen LogP contribution >= 0.6 is 0 Å². The number of hydrogen-bond donors (Lipinski definition) is 2. The summed E-state index contributed by atoms with van der Waals surface area (Å²) in [4.78, 5) is 21.4. The molecule has 1 saturated heterocycles. The van der Waals surface area contributed by atoms with Gasteiger partial charge in [0, 0.05) is 17.7 Å². The number of nitrogens with one attached hydrogen (secondary N) is 2. The Bertz CT molecular complexity index is 519. The molecule has 0 bridgehead atoms. The van der Waals surface area contributed by atoms with E-state index in [9.17, 15) is 4.79 Å². The zero-order chi connectivity index (χ0) is 15.4. The van der Waals surface area contributed by atoms with Crippen LogP contribution in [0.3, 0.4) is 0 Å². The largest absolute Gasteiger partial charge is 0.348 e. The lowest BCUT2D eigenvalue weighted by Gasteiger charge is -2.24. The predicted molar refractivity (Wildman–Crippen MR) is 86.0 cm³/mol. The van der Waals surface area contributed by atoms with Gasteiger partial charge in [0.25, 0.3) is 5.91 Å². The van der Waals surface area contributed by atoms with Crippen molar-refractivity contribution < 1.29 is 4.79 Å². The Labute approximate surface area is 132 Å². The van der Waals surface area contributed by atoms with E-state index in [1.165, 1.54) is 19.3 Å². The summed E-state index contributed by atoms with van der Waals surface area (Å²) in [5.41, 5.74) is 1.56. The van der Waals surface area contributed by atoms with Crippen LogP contribution in [-0.4, -0.2) is 35.0 Å². The van der Waals surface area contributed by atoms with Gasteiger partial charge in [-0.05, 0) is 51.8 Å². The van der Waals surface area contributed by atoms with Gasteiger partial charge in [0.1, 0.15) is 11.5 Å². The molecule has 2 N–H and O–H groups in total. The molecule has 0 radical (unpaired) electrons. The summed E-state index contributed by atoms with van der Waals surface area (Å²) < 4.78 is 0. The molecule has 0 unspecified atom stereocenters. The second-order valence-electron chi connectivity index (χ2n) is 6.56. The minimum atomic E-state index is -0.0346. The van der Waals surface area contributed by atoms with Crippen molar-refractivity contribution in [2.45, 2.75) is 63.8 Å². The monoisotopic (exact) mass is 302 g/mol. The summed E-state index contributed by atoms with van der Waals surface area (Å²) in [6.07, 6.45) is 8.08. The number of hydrogen-bond acceptors (Lipinski definition) is 4. The van der Waals surface area contributed by atoms with Crippen molar-refractivity contribution in [2.75, 3.05) is 13.1 Å². The van der Waals surface area contributed by atoms with Crippen molar-refractivity contribution in [1.82, 2.24) is 20.6 Å². The van der Waals surface area contributed by atoms with E-state index in [0.717, 1.165) is 44.5 Å². The minimum Gasteiger partial charge on any atom is -0.348 e. The van der Waals surface area contributed by atoms with Crippen LogP contribution in [0.25, 0.3) is 0 Å². The molecular weight excluding hydrogens is 276 g/mol. The highest BCUT2D eigenvalue weighted by molar-refractivity contribution is 5.92. The van der Waals surface area contributed by atoms with Crippen LogP contribution in [0.15, 0.2) is 6.07 Å². The smallest absolute Gasteiger partial charge is 0.270 e. The summed E-state index contributed by atoms with van der Waals surface area (Å²) >= 11 is 0. The second kappa shape index (κ2) is 7.18. The van der Waals surface area contributed by atoms with Gasteiger partial charge in [0.05, 0.1) is 0 Å². The molecule has 22 heavy (non-hydrogen) atoms. The Morgan fingerprint density at radius 1 is 1.14 bits per heavy atom. The van der Waals surface area contributed by atoms with Crippen molar-refractivity contribution >= 4 is 5.91 Å². The van der Waals surface area contributed by atoms with Gasteiger partial charge in [-0.15, -0.1) is 0 Å². The van der Waals surface area contributed by atoms with Crippen LogP contribution in [0.5, 0.6) is 0 Å². The molecule has 2 aliphatic rings. The third kappa shape index (κ3) is 3.83. The zero-order valence-corrected chi connectivity index (χ0v) is 13.4. The number of aromatic nitrogens is 2. The summed E-state index contributed by atoms with van der Waals surface area (Å²) in [5, 5.41) is 6.52. The summed E-state index contributed by atoms with van der Waals surface area (Å²) in [7, 11) is 0. The van der Waals surface area contributed by atoms with Gasteiger partial charge in [-0.3, -0.25) is 4.79 Å². The number of aryl methyl sites for hydroxylation is 1. The van der Waals surface area contributed by atoms with Gasteiger partial charge >= 0.3 is 0 Å². The van der Waals surface area contributed by atoms with Crippen molar-refractivity contribution in [3.8, 4) is 0 Å². The third-order valence-corrected chi connectivity index (χ3v) is 4.79. The molecular formula is C17H26N4O. The molecule has 0 spiro atoms. The Morgan fingerprint density at radius 3 is 2.59 bits per heavy atom. The van der Waals surface area contributed by atoms with E-state index in [4.69, 9.17) is 0 Å². The molecule has 120 valence electrons. The minimum absolute atomic E-state index is 0.0346. The summed E-state index contributed by atoms with van der Waals surface area (Å²) in [6.45, 7) is 3.93. The highest BCUT2D eigenvalue weighted by Gasteiger charge is 2.21. The maximum atomic E-state index is 12.5. The zero-order valence-electron chi connectivity index (χ0n) is 13.4. The number of carbonyl (C=O) groups is 1. The molecule has 1 amide bonds. The Balaban J connectivity index is 1.71. The lowest BCUT2D eigenvalue weighted by atomic mass is 9.93. The van der Waals surface area contributed by atoms with Crippen molar-refractivity contribution in [2.24, 2.45) is 0 Å². The van der Waals surface area contributed by atoms with Crippen LogP contribution in [0, 0.1) is 6.92 Å². The van der Waals surface area contributed by atoms with Gasteiger partial charge < -0.3 is 10.6 Å². The third-order valence-electron chi connectivity index (χ3n) is 4.79. The molecule has 2 fully saturated rings. The number of nitrogens with zero attached hydrogens (tertiary/aromatic N) is 2.